The molecule has 0 aliphatic rings. The van der Waals surface area contributed by atoms with Crippen LogP contribution in [0.25, 0.3) is 0 Å². The fourth-order valence-corrected chi connectivity index (χ4v) is 3.22. The minimum absolute atomic E-state index is 0.451. The normalized spacial score (nSPS) is 11.7. The first-order valence-corrected chi connectivity index (χ1v) is 10.2. The average Bonchev–Trinajstić information content (AvgIpc) is 3.15. The molecule has 148 valence electrons. The molecule has 6 nitrogen and oxygen atoms in total. The lowest BCUT2D eigenvalue weighted by atomic mass is 10.2. The van der Waals surface area contributed by atoms with E-state index in [0.717, 1.165) is 34.5 Å². The van der Waals surface area contributed by atoms with Gasteiger partial charge < -0.3 is 20.1 Å². The summed E-state index contributed by atoms with van der Waals surface area (Å²) < 4.78 is 11.0. The highest BCUT2D eigenvalue weighted by molar-refractivity contribution is 7.09. The summed E-state index contributed by atoms with van der Waals surface area (Å²) in [6.45, 7) is 9.59. The van der Waals surface area contributed by atoms with Gasteiger partial charge in [0.15, 0.2) is 5.96 Å². The fourth-order valence-electron chi connectivity index (χ4n) is 2.35. The van der Waals surface area contributed by atoms with Gasteiger partial charge in [0, 0.05) is 18.5 Å². The van der Waals surface area contributed by atoms with E-state index in [9.17, 15) is 0 Å². The van der Waals surface area contributed by atoms with Gasteiger partial charge in [0.1, 0.15) is 10.8 Å². The molecule has 2 N–H and O–H groups in total. The third kappa shape index (κ3) is 7.56. The summed E-state index contributed by atoms with van der Waals surface area (Å²) >= 11 is 1.66. The van der Waals surface area contributed by atoms with Gasteiger partial charge in [-0.2, -0.15) is 0 Å². The van der Waals surface area contributed by atoms with Crippen molar-refractivity contribution in [2.24, 2.45) is 4.99 Å². The second kappa shape index (κ2) is 11.6. The van der Waals surface area contributed by atoms with E-state index in [1.165, 1.54) is 0 Å². The molecule has 0 aliphatic carbocycles. The number of hydrogen-bond acceptors (Lipinski definition) is 5. The van der Waals surface area contributed by atoms with Crippen molar-refractivity contribution in [1.82, 2.24) is 15.6 Å². The molecule has 0 fully saturated rings. The van der Waals surface area contributed by atoms with Gasteiger partial charge in [-0.1, -0.05) is 26.0 Å². The number of aromatic nitrogens is 1. The standard InChI is InChI=1S/C20H30N4O2S/c1-5-21-20(23-12-19-24-18(14-27-19)15(2)3)22-9-10-26-13-16-7-6-8-17(11-16)25-4/h6-8,11,14-15H,5,9-10,12-13H2,1-4H3,(H2,21,22,23). The Morgan fingerprint density at radius 3 is 2.85 bits per heavy atom. The summed E-state index contributed by atoms with van der Waals surface area (Å²) in [6.07, 6.45) is 0. The molecular weight excluding hydrogens is 360 g/mol. The van der Waals surface area contributed by atoms with Crippen molar-refractivity contribution in [3.63, 3.8) is 0 Å². The number of nitrogens with one attached hydrogen (secondary N) is 2. The number of aliphatic imine (C=N–C) groups is 1. The molecule has 0 saturated carbocycles. The Kier molecular flexibility index (Phi) is 9.07. The van der Waals surface area contributed by atoms with Crippen LogP contribution in [0.5, 0.6) is 5.75 Å². The van der Waals surface area contributed by atoms with Crippen LogP contribution in [0.4, 0.5) is 0 Å². The Bertz CT molecular complexity index is 716. The van der Waals surface area contributed by atoms with Crippen LogP contribution in [0.2, 0.25) is 0 Å². The van der Waals surface area contributed by atoms with E-state index in [2.05, 4.69) is 46.8 Å². The van der Waals surface area contributed by atoms with Crippen LogP contribution in [-0.4, -0.2) is 37.7 Å². The molecule has 2 rings (SSSR count). The first kappa shape index (κ1) is 21.2. The highest BCUT2D eigenvalue weighted by atomic mass is 32.1. The molecule has 27 heavy (non-hydrogen) atoms. The van der Waals surface area contributed by atoms with Crippen LogP contribution >= 0.6 is 11.3 Å². The smallest absolute Gasteiger partial charge is 0.191 e. The van der Waals surface area contributed by atoms with Gasteiger partial charge in [-0.3, -0.25) is 0 Å². The van der Waals surface area contributed by atoms with Crippen LogP contribution in [0, 0.1) is 0 Å². The Labute approximate surface area is 166 Å². The lowest BCUT2D eigenvalue weighted by Gasteiger charge is -2.11. The molecule has 0 atom stereocenters. The summed E-state index contributed by atoms with van der Waals surface area (Å²) in [7, 11) is 1.67. The quantitative estimate of drug-likeness (QED) is 0.369. The molecular formula is C20H30N4O2S. The SMILES string of the molecule is CCNC(=NCc1nc(C(C)C)cs1)NCCOCc1cccc(OC)c1. The molecule has 0 amide bonds. The Morgan fingerprint density at radius 1 is 1.30 bits per heavy atom. The fraction of sp³-hybridized carbons (Fsp3) is 0.500. The van der Waals surface area contributed by atoms with Crippen molar-refractivity contribution in [1.29, 1.82) is 0 Å². The van der Waals surface area contributed by atoms with E-state index in [0.29, 0.717) is 32.2 Å². The first-order valence-electron chi connectivity index (χ1n) is 9.29. The number of guanidine groups is 1. The minimum atomic E-state index is 0.451. The summed E-state index contributed by atoms with van der Waals surface area (Å²) in [6, 6.07) is 7.91. The van der Waals surface area contributed by atoms with Crippen molar-refractivity contribution in [3.8, 4) is 5.75 Å². The maximum atomic E-state index is 5.73. The third-order valence-electron chi connectivity index (χ3n) is 3.82. The number of thiazole rings is 1. The number of hydrogen-bond donors (Lipinski definition) is 2. The second-order valence-corrected chi connectivity index (χ2v) is 7.29. The van der Waals surface area contributed by atoms with Gasteiger partial charge in [-0.05, 0) is 30.5 Å². The monoisotopic (exact) mass is 390 g/mol. The first-order chi connectivity index (χ1) is 13.1. The Balaban J connectivity index is 1.74. The summed E-state index contributed by atoms with van der Waals surface area (Å²) in [4.78, 5) is 9.23. The van der Waals surface area contributed by atoms with E-state index in [1.807, 2.05) is 24.3 Å². The molecule has 1 aromatic heterocycles. The topological polar surface area (TPSA) is 67.8 Å². The van der Waals surface area contributed by atoms with Crippen LogP contribution in [0.15, 0.2) is 34.6 Å². The predicted molar refractivity (Wildman–Crippen MR) is 112 cm³/mol. The second-order valence-electron chi connectivity index (χ2n) is 6.35. The highest BCUT2D eigenvalue weighted by Crippen LogP contribution is 2.18. The zero-order valence-corrected chi connectivity index (χ0v) is 17.4. The zero-order chi connectivity index (χ0) is 19.5. The Morgan fingerprint density at radius 2 is 2.15 bits per heavy atom. The zero-order valence-electron chi connectivity index (χ0n) is 16.6. The van der Waals surface area contributed by atoms with Gasteiger partial charge in [0.25, 0.3) is 0 Å². The lowest BCUT2D eigenvalue weighted by Crippen LogP contribution is -2.38. The van der Waals surface area contributed by atoms with E-state index >= 15 is 0 Å². The van der Waals surface area contributed by atoms with Crippen molar-refractivity contribution in [3.05, 3.63) is 45.9 Å². The van der Waals surface area contributed by atoms with Crippen LogP contribution < -0.4 is 15.4 Å². The van der Waals surface area contributed by atoms with Crippen LogP contribution in [0.3, 0.4) is 0 Å². The average molecular weight is 391 g/mol. The minimum Gasteiger partial charge on any atom is -0.497 e. The number of ether oxygens (including phenoxy) is 2. The summed E-state index contributed by atoms with van der Waals surface area (Å²) in [5.74, 6) is 2.08. The number of rotatable bonds is 10. The van der Waals surface area contributed by atoms with E-state index < -0.39 is 0 Å². The molecule has 2 aromatic rings. The van der Waals surface area contributed by atoms with Gasteiger partial charge in [0.2, 0.25) is 0 Å². The van der Waals surface area contributed by atoms with Crippen LogP contribution in [-0.2, 0) is 17.9 Å². The number of benzene rings is 1. The van der Waals surface area contributed by atoms with Gasteiger partial charge in [-0.15, -0.1) is 11.3 Å². The number of methoxy groups -OCH3 is 1. The summed E-state index contributed by atoms with van der Waals surface area (Å²) in [5.41, 5.74) is 2.23. The van der Waals surface area contributed by atoms with Crippen molar-refractivity contribution < 1.29 is 9.47 Å². The number of nitrogens with zero attached hydrogens (tertiary/aromatic N) is 2. The molecule has 1 heterocycles. The molecule has 0 aliphatic heterocycles. The van der Waals surface area contributed by atoms with Crippen molar-refractivity contribution in [2.45, 2.75) is 39.8 Å². The molecule has 0 bridgehead atoms. The molecule has 1 aromatic carbocycles. The molecule has 0 radical (unpaired) electrons. The van der Waals surface area contributed by atoms with E-state index in [4.69, 9.17) is 9.47 Å². The van der Waals surface area contributed by atoms with Crippen LogP contribution in [0.1, 0.15) is 43.0 Å². The molecule has 0 spiro atoms. The van der Waals surface area contributed by atoms with Crippen molar-refractivity contribution in [2.75, 3.05) is 26.8 Å². The summed E-state index contributed by atoms with van der Waals surface area (Å²) in [5, 5.41) is 9.69. The van der Waals surface area contributed by atoms with Gasteiger partial charge in [0.05, 0.1) is 32.6 Å². The van der Waals surface area contributed by atoms with E-state index in [1.54, 1.807) is 18.4 Å². The highest BCUT2D eigenvalue weighted by Gasteiger charge is 2.05. The largest absolute Gasteiger partial charge is 0.497 e. The van der Waals surface area contributed by atoms with Crippen molar-refractivity contribution >= 4 is 17.3 Å². The van der Waals surface area contributed by atoms with Gasteiger partial charge in [-0.25, -0.2) is 9.98 Å². The molecule has 0 unspecified atom stereocenters. The van der Waals surface area contributed by atoms with E-state index in [-0.39, 0.29) is 0 Å². The lowest BCUT2D eigenvalue weighted by molar-refractivity contribution is 0.125. The molecule has 7 heteroatoms. The molecule has 0 saturated heterocycles. The Hall–Kier alpha value is -2.12. The third-order valence-corrected chi connectivity index (χ3v) is 4.67. The maximum Gasteiger partial charge on any atom is 0.191 e. The predicted octanol–water partition coefficient (Wildman–Crippen LogP) is 3.55. The maximum absolute atomic E-state index is 5.73. The van der Waals surface area contributed by atoms with Gasteiger partial charge >= 0.3 is 0 Å².